The van der Waals surface area contributed by atoms with Crippen molar-refractivity contribution in [2.45, 2.75) is 45.3 Å². The van der Waals surface area contributed by atoms with Gasteiger partial charge in [-0.05, 0) is 43.5 Å². The van der Waals surface area contributed by atoms with Crippen LogP contribution in [0.15, 0.2) is 18.2 Å². The number of benzene rings is 1. The zero-order valence-electron chi connectivity index (χ0n) is 12.4. The molecule has 3 N–H and O–H groups in total. The highest BCUT2D eigenvalue weighted by molar-refractivity contribution is 7.85. The highest BCUT2D eigenvalue weighted by atomic mass is 32.2. The van der Waals surface area contributed by atoms with E-state index in [-0.39, 0.29) is 11.2 Å². The first kappa shape index (κ1) is 16.7. The van der Waals surface area contributed by atoms with Crippen LogP contribution >= 0.6 is 0 Å². The summed E-state index contributed by atoms with van der Waals surface area (Å²) in [7, 11) is -0.832. The molecule has 2 unspecified atom stereocenters. The second kappa shape index (κ2) is 8.04. The molecule has 1 aromatic carbocycles. The number of nitrogens with two attached hydrogens (primary N) is 1. The first-order valence-electron chi connectivity index (χ1n) is 6.97. The molecule has 2 atom stereocenters. The van der Waals surface area contributed by atoms with Crippen molar-refractivity contribution >= 4 is 28.1 Å². The van der Waals surface area contributed by atoms with Crippen molar-refractivity contribution in [2.75, 3.05) is 16.8 Å². The Morgan fingerprint density at radius 2 is 2.15 bits per heavy atom. The molecule has 1 aromatic rings. The minimum absolute atomic E-state index is 0.0426. The van der Waals surface area contributed by atoms with Crippen LogP contribution in [-0.4, -0.2) is 21.1 Å². The van der Waals surface area contributed by atoms with Gasteiger partial charge in [0.25, 0.3) is 0 Å². The zero-order chi connectivity index (χ0) is 15.1. The predicted octanol–water partition coefficient (Wildman–Crippen LogP) is 2.84. The fourth-order valence-electron chi connectivity index (χ4n) is 1.80. The van der Waals surface area contributed by atoms with Gasteiger partial charge in [0.1, 0.15) is 0 Å². The maximum Gasteiger partial charge on any atom is 0.224 e. The quantitative estimate of drug-likeness (QED) is 0.760. The van der Waals surface area contributed by atoms with E-state index in [0.717, 1.165) is 17.7 Å². The number of hydrogen-bond donors (Lipinski definition) is 2. The average Bonchev–Trinajstić information content (AvgIpc) is 2.41. The molecule has 0 radical (unpaired) electrons. The molecule has 4 nitrogen and oxygen atoms in total. The molecule has 112 valence electrons. The van der Waals surface area contributed by atoms with E-state index in [2.05, 4.69) is 5.32 Å². The van der Waals surface area contributed by atoms with Crippen LogP contribution in [0.5, 0.6) is 0 Å². The summed E-state index contributed by atoms with van der Waals surface area (Å²) in [4.78, 5) is 11.8. The molecule has 0 aromatic heterocycles. The minimum Gasteiger partial charge on any atom is -0.399 e. The van der Waals surface area contributed by atoms with Crippen molar-refractivity contribution < 1.29 is 9.00 Å². The van der Waals surface area contributed by atoms with Crippen molar-refractivity contribution in [3.63, 3.8) is 0 Å². The number of anilines is 2. The van der Waals surface area contributed by atoms with E-state index in [1.807, 2.05) is 26.8 Å². The van der Waals surface area contributed by atoms with Gasteiger partial charge in [-0.15, -0.1) is 0 Å². The number of nitrogen functional groups attached to an aromatic ring is 1. The van der Waals surface area contributed by atoms with E-state index in [0.29, 0.717) is 24.3 Å². The SMILES string of the molecule is CCC(C)S(=O)CCCC(=O)Nc1ccc(N)cc1C. The van der Waals surface area contributed by atoms with Gasteiger partial charge in [0.15, 0.2) is 0 Å². The molecule has 1 rings (SSSR count). The second-order valence-electron chi connectivity index (χ2n) is 5.03. The van der Waals surface area contributed by atoms with Crippen molar-refractivity contribution in [3.05, 3.63) is 23.8 Å². The highest BCUT2D eigenvalue weighted by Gasteiger charge is 2.10. The maximum absolute atomic E-state index is 11.8. The minimum atomic E-state index is -0.832. The Kier molecular flexibility index (Phi) is 6.71. The molecule has 1 amide bonds. The number of aryl methyl sites for hydroxylation is 1. The average molecular weight is 296 g/mol. The lowest BCUT2D eigenvalue weighted by molar-refractivity contribution is -0.116. The van der Waals surface area contributed by atoms with E-state index < -0.39 is 10.8 Å². The van der Waals surface area contributed by atoms with Crippen LogP contribution in [0, 0.1) is 6.92 Å². The Morgan fingerprint density at radius 1 is 1.45 bits per heavy atom. The van der Waals surface area contributed by atoms with Gasteiger partial charge in [0, 0.05) is 39.6 Å². The summed E-state index contributed by atoms with van der Waals surface area (Å²) in [6.07, 6.45) is 1.95. The first-order valence-corrected chi connectivity index (χ1v) is 8.35. The normalized spacial score (nSPS) is 13.8. The van der Waals surface area contributed by atoms with E-state index >= 15 is 0 Å². The van der Waals surface area contributed by atoms with E-state index in [4.69, 9.17) is 5.73 Å². The molecule has 0 aliphatic heterocycles. The van der Waals surface area contributed by atoms with Gasteiger partial charge in [-0.1, -0.05) is 13.8 Å². The Labute approximate surface area is 123 Å². The fourth-order valence-corrected chi connectivity index (χ4v) is 3.00. The third kappa shape index (κ3) is 5.33. The van der Waals surface area contributed by atoms with E-state index in [9.17, 15) is 9.00 Å². The Bertz CT molecular complexity index is 489. The Hall–Kier alpha value is -1.36. The van der Waals surface area contributed by atoms with Crippen LogP contribution < -0.4 is 11.1 Å². The molecular weight excluding hydrogens is 272 g/mol. The van der Waals surface area contributed by atoms with Crippen molar-refractivity contribution in [1.82, 2.24) is 0 Å². The lowest BCUT2D eigenvalue weighted by atomic mass is 10.1. The summed E-state index contributed by atoms with van der Waals surface area (Å²) < 4.78 is 11.8. The first-order chi connectivity index (χ1) is 9.43. The smallest absolute Gasteiger partial charge is 0.224 e. The maximum atomic E-state index is 11.8. The van der Waals surface area contributed by atoms with Crippen molar-refractivity contribution in [2.24, 2.45) is 0 Å². The molecule has 0 saturated carbocycles. The number of rotatable bonds is 7. The van der Waals surface area contributed by atoms with Crippen LogP contribution in [-0.2, 0) is 15.6 Å². The monoisotopic (exact) mass is 296 g/mol. The molecule has 5 heteroatoms. The summed E-state index contributed by atoms with van der Waals surface area (Å²) in [6, 6.07) is 5.40. The summed E-state index contributed by atoms with van der Waals surface area (Å²) in [6.45, 7) is 5.91. The van der Waals surface area contributed by atoms with Crippen molar-refractivity contribution in [3.8, 4) is 0 Å². The number of amides is 1. The van der Waals surface area contributed by atoms with Gasteiger partial charge < -0.3 is 11.1 Å². The lowest BCUT2D eigenvalue weighted by Gasteiger charge is -2.10. The zero-order valence-corrected chi connectivity index (χ0v) is 13.3. The molecule has 0 aliphatic rings. The standard InChI is InChI=1S/C15H24N2O2S/c1-4-12(3)20(19)9-5-6-15(18)17-14-8-7-13(16)10-11(14)2/h7-8,10,12H,4-6,9,16H2,1-3H3,(H,17,18). The molecule has 0 spiro atoms. The molecule has 0 saturated heterocycles. The van der Waals surface area contributed by atoms with Crippen LogP contribution in [0.25, 0.3) is 0 Å². The van der Waals surface area contributed by atoms with Crippen LogP contribution in [0.1, 0.15) is 38.7 Å². The molecule has 0 fully saturated rings. The predicted molar refractivity (Wildman–Crippen MR) is 86.2 cm³/mol. The highest BCUT2D eigenvalue weighted by Crippen LogP contribution is 2.18. The summed E-state index contributed by atoms with van der Waals surface area (Å²) >= 11 is 0. The van der Waals surface area contributed by atoms with Gasteiger partial charge in [-0.2, -0.15) is 0 Å². The van der Waals surface area contributed by atoms with Crippen LogP contribution in [0.4, 0.5) is 11.4 Å². The summed E-state index contributed by atoms with van der Waals surface area (Å²) in [5.41, 5.74) is 8.08. The molecule has 0 aliphatic carbocycles. The fraction of sp³-hybridized carbons (Fsp3) is 0.533. The number of nitrogens with one attached hydrogen (secondary N) is 1. The Balaban J connectivity index is 2.39. The van der Waals surface area contributed by atoms with Gasteiger partial charge >= 0.3 is 0 Å². The van der Waals surface area contributed by atoms with Gasteiger partial charge in [0.05, 0.1) is 0 Å². The summed E-state index contributed by atoms with van der Waals surface area (Å²) in [5.74, 6) is 0.544. The van der Waals surface area contributed by atoms with Crippen LogP contribution in [0.2, 0.25) is 0 Å². The molecule has 0 heterocycles. The van der Waals surface area contributed by atoms with E-state index in [1.54, 1.807) is 12.1 Å². The molecular formula is C15H24N2O2S. The second-order valence-corrected chi connectivity index (χ2v) is 7.00. The van der Waals surface area contributed by atoms with Gasteiger partial charge in [-0.3, -0.25) is 9.00 Å². The topological polar surface area (TPSA) is 72.2 Å². The van der Waals surface area contributed by atoms with Gasteiger partial charge in [-0.25, -0.2) is 0 Å². The van der Waals surface area contributed by atoms with E-state index in [1.165, 1.54) is 0 Å². The lowest BCUT2D eigenvalue weighted by Crippen LogP contribution is -2.16. The number of carbonyl (C=O) groups is 1. The number of hydrogen-bond acceptors (Lipinski definition) is 3. The molecule has 0 bridgehead atoms. The van der Waals surface area contributed by atoms with Gasteiger partial charge in [0.2, 0.25) is 5.91 Å². The third-order valence-electron chi connectivity index (χ3n) is 3.30. The molecule has 20 heavy (non-hydrogen) atoms. The third-order valence-corrected chi connectivity index (χ3v) is 5.22. The Morgan fingerprint density at radius 3 is 2.75 bits per heavy atom. The largest absolute Gasteiger partial charge is 0.399 e. The number of carbonyl (C=O) groups excluding carboxylic acids is 1. The van der Waals surface area contributed by atoms with Crippen LogP contribution in [0.3, 0.4) is 0 Å². The summed E-state index contributed by atoms with van der Waals surface area (Å²) in [5, 5.41) is 3.07. The van der Waals surface area contributed by atoms with Crippen molar-refractivity contribution in [1.29, 1.82) is 0 Å².